The fourth-order valence-electron chi connectivity index (χ4n) is 1.99. The van der Waals surface area contributed by atoms with E-state index in [0.717, 1.165) is 6.42 Å². The van der Waals surface area contributed by atoms with Crippen LogP contribution in [-0.2, 0) is 6.54 Å². The summed E-state index contributed by atoms with van der Waals surface area (Å²) < 4.78 is 16.4. The van der Waals surface area contributed by atoms with E-state index in [-0.39, 0.29) is 5.91 Å². The molecule has 0 radical (unpaired) electrons. The number of ether oxygens (including phenoxy) is 2. The number of carbonyl (C=O) groups excluding carboxylic acids is 1. The van der Waals surface area contributed by atoms with E-state index in [0.29, 0.717) is 47.6 Å². The number of rotatable bonds is 8. The molecule has 1 N–H and O–H groups in total. The van der Waals surface area contributed by atoms with Crippen LogP contribution in [0.4, 0.5) is 0 Å². The minimum Gasteiger partial charge on any atom is -0.490 e. The van der Waals surface area contributed by atoms with E-state index in [1.807, 2.05) is 13.8 Å². The minimum atomic E-state index is -0.258. The van der Waals surface area contributed by atoms with Crippen molar-refractivity contribution >= 4 is 17.5 Å². The quantitative estimate of drug-likeness (QED) is 0.789. The average molecular weight is 338 g/mol. The Balaban J connectivity index is 2.15. The largest absolute Gasteiger partial charge is 0.490 e. The number of furan rings is 1. The van der Waals surface area contributed by atoms with Crippen molar-refractivity contribution in [3.63, 3.8) is 0 Å². The third-order valence-corrected chi connectivity index (χ3v) is 3.31. The topological polar surface area (TPSA) is 60.7 Å². The van der Waals surface area contributed by atoms with Gasteiger partial charge in [0, 0.05) is 5.56 Å². The molecule has 5 nitrogen and oxygen atoms in total. The Bertz CT molecular complexity index is 640. The van der Waals surface area contributed by atoms with Gasteiger partial charge in [-0.1, -0.05) is 18.5 Å². The molecule has 0 aliphatic heterocycles. The average Bonchev–Trinajstić information content (AvgIpc) is 3.05. The Morgan fingerprint density at radius 3 is 2.78 bits per heavy atom. The van der Waals surface area contributed by atoms with E-state index >= 15 is 0 Å². The second-order valence-corrected chi connectivity index (χ2v) is 5.24. The van der Waals surface area contributed by atoms with Crippen LogP contribution in [0.2, 0.25) is 5.02 Å². The third-order valence-electron chi connectivity index (χ3n) is 3.03. The molecule has 1 aromatic heterocycles. The maximum Gasteiger partial charge on any atom is 0.251 e. The fraction of sp³-hybridized carbons (Fsp3) is 0.353. The number of hydrogen-bond donors (Lipinski definition) is 1. The number of hydrogen-bond acceptors (Lipinski definition) is 4. The molecule has 0 fully saturated rings. The molecule has 0 bridgehead atoms. The van der Waals surface area contributed by atoms with Crippen molar-refractivity contribution in [2.24, 2.45) is 0 Å². The van der Waals surface area contributed by atoms with Gasteiger partial charge in [0.15, 0.2) is 11.5 Å². The Hall–Kier alpha value is -2.14. The van der Waals surface area contributed by atoms with Gasteiger partial charge in [0.05, 0.1) is 31.0 Å². The standard InChI is InChI=1S/C17H20ClNO4/c1-3-7-23-16-14(18)9-12(10-15(16)21-4-2)17(20)19-11-13-6-5-8-22-13/h5-6,8-10H,3-4,7,11H2,1-2H3,(H,19,20). The zero-order valence-electron chi connectivity index (χ0n) is 13.2. The first-order valence-electron chi connectivity index (χ1n) is 7.55. The van der Waals surface area contributed by atoms with E-state index in [1.54, 1.807) is 30.5 Å². The molecule has 0 atom stereocenters. The molecule has 2 aromatic rings. The number of benzene rings is 1. The van der Waals surface area contributed by atoms with E-state index in [4.69, 9.17) is 25.5 Å². The first-order valence-corrected chi connectivity index (χ1v) is 7.93. The molecule has 0 spiro atoms. The van der Waals surface area contributed by atoms with Gasteiger partial charge in [0.1, 0.15) is 5.76 Å². The summed E-state index contributed by atoms with van der Waals surface area (Å²) in [6.07, 6.45) is 2.42. The van der Waals surface area contributed by atoms with Gasteiger partial charge in [0.2, 0.25) is 0 Å². The molecule has 0 saturated heterocycles. The predicted octanol–water partition coefficient (Wildman–Crippen LogP) is 4.05. The second-order valence-electron chi connectivity index (χ2n) is 4.83. The van der Waals surface area contributed by atoms with Crippen LogP contribution < -0.4 is 14.8 Å². The van der Waals surface area contributed by atoms with Crippen molar-refractivity contribution < 1.29 is 18.7 Å². The monoisotopic (exact) mass is 337 g/mol. The maximum atomic E-state index is 12.3. The van der Waals surface area contributed by atoms with Crippen molar-refractivity contribution in [3.8, 4) is 11.5 Å². The van der Waals surface area contributed by atoms with Crippen molar-refractivity contribution in [1.29, 1.82) is 0 Å². The molecule has 0 saturated carbocycles. The number of amides is 1. The number of halogens is 1. The van der Waals surface area contributed by atoms with Crippen LogP contribution in [0.15, 0.2) is 34.9 Å². The lowest BCUT2D eigenvalue weighted by atomic mass is 10.2. The van der Waals surface area contributed by atoms with Gasteiger partial charge in [-0.05, 0) is 37.6 Å². The van der Waals surface area contributed by atoms with E-state index in [9.17, 15) is 4.79 Å². The second kappa shape index (κ2) is 8.48. The van der Waals surface area contributed by atoms with Gasteiger partial charge in [-0.2, -0.15) is 0 Å². The highest BCUT2D eigenvalue weighted by Crippen LogP contribution is 2.36. The first kappa shape index (κ1) is 17.2. The van der Waals surface area contributed by atoms with Gasteiger partial charge in [-0.15, -0.1) is 0 Å². The summed E-state index contributed by atoms with van der Waals surface area (Å²) in [5.41, 5.74) is 0.411. The summed E-state index contributed by atoms with van der Waals surface area (Å²) in [5, 5.41) is 3.13. The minimum absolute atomic E-state index is 0.258. The zero-order chi connectivity index (χ0) is 16.7. The van der Waals surface area contributed by atoms with Crippen molar-refractivity contribution in [3.05, 3.63) is 46.9 Å². The van der Waals surface area contributed by atoms with E-state index in [2.05, 4.69) is 5.32 Å². The molecule has 6 heteroatoms. The highest BCUT2D eigenvalue weighted by molar-refractivity contribution is 6.32. The van der Waals surface area contributed by atoms with Crippen LogP contribution in [0, 0.1) is 0 Å². The summed E-state index contributed by atoms with van der Waals surface area (Å²) in [4.78, 5) is 12.3. The lowest BCUT2D eigenvalue weighted by molar-refractivity contribution is 0.0947. The summed E-state index contributed by atoms with van der Waals surface area (Å²) >= 11 is 6.25. The van der Waals surface area contributed by atoms with Crippen LogP contribution in [-0.4, -0.2) is 19.1 Å². The molecule has 1 amide bonds. The van der Waals surface area contributed by atoms with Crippen LogP contribution >= 0.6 is 11.6 Å². The van der Waals surface area contributed by atoms with Gasteiger partial charge in [0.25, 0.3) is 5.91 Å². The maximum absolute atomic E-state index is 12.3. The van der Waals surface area contributed by atoms with Crippen LogP contribution in [0.25, 0.3) is 0 Å². The molecule has 124 valence electrons. The van der Waals surface area contributed by atoms with E-state index < -0.39 is 0 Å². The smallest absolute Gasteiger partial charge is 0.251 e. The highest BCUT2D eigenvalue weighted by atomic mass is 35.5. The van der Waals surface area contributed by atoms with E-state index in [1.165, 1.54) is 0 Å². The predicted molar refractivity (Wildman–Crippen MR) is 88.3 cm³/mol. The van der Waals surface area contributed by atoms with Gasteiger partial charge in [-0.3, -0.25) is 4.79 Å². The Kier molecular flexibility index (Phi) is 6.35. The van der Waals surface area contributed by atoms with Gasteiger partial charge in [-0.25, -0.2) is 0 Å². The van der Waals surface area contributed by atoms with Crippen LogP contribution in [0.1, 0.15) is 36.4 Å². The Morgan fingerprint density at radius 1 is 1.30 bits per heavy atom. The molecule has 23 heavy (non-hydrogen) atoms. The SMILES string of the molecule is CCCOc1c(Cl)cc(C(=O)NCc2ccco2)cc1OCC. The third kappa shape index (κ3) is 4.66. The number of carbonyl (C=O) groups is 1. The van der Waals surface area contributed by atoms with Gasteiger partial charge >= 0.3 is 0 Å². The van der Waals surface area contributed by atoms with Crippen molar-refractivity contribution in [2.75, 3.05) is 13.2 Å². The molecule has 1 aromatic carbocycles. The van der Waals surface area contributed by atoms with Crippen molar-refractivity contribution in [2.45, 2.75) is 26.8 Å². The first-order chi connectivity index (χ1) is 11.2. The lowest BCUT2D eigenvalue weighted by Gasteiger charge is -2.14. The van der Waals surface area contributed by atoms with Crippen LogP contribution in [0.3, 0.4) is 0 Å². The Labute approximate surface area is 140 Å². The number of nitrogens with one attached hydrogen (secondary N) is 1. The normalized spacial score (nSPS) is 10.4. The summed E-state index contributed by atoms with van der Waals surface area (Å²) in [6.45, 7) is 5.16. The van der Waals surface area contributed by atoms with Gasteiger partial charge < -0.3 is 19.2 Å². The molecule has 2 rings (SSSR count). The summed E-state index contributed by atoms with van der Waals surface area (Å²) in [6, 6.07) is 6.77. The molecular formula is C17H20ClNO4. The van der Waals surface area contributed by atoms with Crippen LogP contribution in [0.5, 0.6) is 11.5 Å². The molecule has 0 aliphatic carbocycles. The molecular weight excluding hydrogens is 318 g/mol. The Morgan fingerprint density at radius 2 is 2.13 bits per heavy atom. The fourth-order valence-corrected chi connectivity index (χ4v) is 2.25. The molecule has 1 heterocycles. The lowest BCUT2D eigenvalue weighted by Crippen LogP contribution is -2.22. The summed E-state index contributed by atoms with van der Waals surface area (Å²) in [7, 11) is 0. The zero-order valence-corrected chi connectivity index (χ0v) is 14.0. The molecule has 0 aliphatic rings. The molecule has 0 unspecified atom stereocenters. The summed E-state index contributed by atoms with van der Waals surface area (Å²) in [5.74, 6) is 1.36. The van der Waals surface area contributed by atoms with Crippen molar-refractivity contribution in [1.82, 2.24) is 5.32 Å². The highest BCUT2D eigenvalue weighted by Gasteiger charge is 2.16.